The first-order valence-corrected chi connectivity index (χ1v) is 11.5. The van der Waals surface area contributed by atoms with Crippen LogP contribution in [0.15, 0.2) is 47.4 Å². The van der Waals surface area contributed by atoms with Crippen LogP contribution in [0.2, 0.25) is 5.02 Å². The Morgan fingerprint density at radius 2 is 1.83 bits per heavy atom. The largest absolute Gasteiger partial charge is 0.494 e. The zero-order valence-electron chi connectivity index (χ0n) is 17.3. The molecule has 0 saturated carbocycles. The number of halogens is 1. The topological polar surface area (TPSA) is 93.7 Å². The Kier molecular flexibility index (Phi) is 8.95. The van der Waals surface area contributed by atoms with Crippen LogP contribution in [0.1, 0.15) is 37.6 Å². The Morgan fingerprint density at radius 3 is 2.47 bits per heavy atom. The highest BCUT2D eigenvalue weighted by Crippen LogP contribution is 2.26. The molecule has 0 fully saturated rings. The summed E-state index contributed by atoms with van der Waals surface area (Å²) in [4.78, 5) is 12.2. The van der Waals surface area contributed by atoms with Gasteiger partial charge < -0.3 is 14.8 Å². The average molecular weight is 455 g/mol. The number of carbonyl (C=O) groups is 1. The molecule has 0 atom stereocenters. The quantitative estimate of drug-likeness (QED) is 0.499. The molecule has 164 valence electrons. The van der Waals surface area contributed by atoms with Crippen LogP contribution in [0.25, 0.3) is 0 Å². The van der Waals surface area contributed by atoms with Crippen LogP contribution in [0.5, 0.6) is 5.75 Å². The van der Waals surface area contributed by atoms with Crippen LogP contribution in [0.4, 0.5) is 5.69 Å². The predicted octanol–water partition coefficient (Wildman–Crippen LogP) is 4.08. The summed E-state index contributed by atoms with van der Waals surface area (Å²) in [7, 11) is -3.99. The van der Waals surface area contributed by atoms with E-state index in [4.69, 9.17) is 21.1 Å². The fraction of sp³-hybridized carbons (Fsp3) is 0.381. The van der Waals surface area contributed by atoms with Gasteiger partial charge in [0.2, 0.25) is 0 Å². The molecule has 2 aromatic carbocycles. The molecule has 0 aromatic heterocycles. The molecule has 1 amide bonds. The molecule has 0 unspecified atom stereocenters. The van der Waals surface area contributed by atoms with E-state index in [1.807, 2.05) is 20.8 Å². The minimum absolute atomic E-state index is 0.0234. The van der Waals surface area contributed by atoms with E-state index < -0.39 is 10.0 Å². The second-order valence-electron chi connectivity index (χ2n) is 6.74. The summed E-state index contributed by atoms with van der Waals surface area (Å²) in [5, 5.41) is 2.77. The second-order valence-corrected chi connectivity index (χ2v) is 8.80. The number of benzene rings is 2. The summed E-state index contributed by atoms with van der Waals surface area (Å²) in [6.45, 7) is 7.21. The van der Waals surface area contributed by atoms with Crippen molar-refractivity contribution >= 4 is 33.2 Å². The van der Waals surface area contributed by atoms with Crippen LogP contribution >= 0.6 is 11.6 Å². The van der Waals surface area contributed by atoms with Crippen molar-refractivity contribution in [1.29, 1.82) is 0 Å². The van der Waals surface area contributed by atoms with Gasteiger partial charge in [-0.3, -0.25) is 9.52 Å². The van der Waals surface area contributed by atoms with Crippen molar-refractivity contribution in [1.82, 2.24) is 5.32 Å². The molecule has 0 spiro atoms. The Labute approximate surface area is 182 Å². The Balaban J connectivity index is 2.08. The molecule has 7 nitrogen and oxygen atoms in total. The monoisotopic (exact) mass is 454 g/mol. The lowest BCUT2D eigenvalue weighted by Gasteiger charge is -2.12. The molecular formula is C21H27ClN2O5S. The van der Waals surface area contributed by atoms with E-state index in [9.17, 15) is 13.2 Å². The van der Waals surface area contributed by atoms with Crippen molar-refractivity contribution in [3.8, 4) is 5.75 Å². The van der Waals surface area contributed by atoms with Gasteiger partial charge >= 0.3 is 0 Å². The summed E-state index contributed by atoms with van der Waals surface area (Å²) >= 11 is 6.11. The molecule has 0 radical (unpaired) electrons. The number of hydrogen-bond acceptors (Lipinski definition) is 5. The van der Waals surface area contributed by atoms with E-state index in [0.29, 0.717) is 37.6 Å². The maximum absolute atomic E-state index is 12.8. The molecule has 0 heterocycles. The van der Waals surface area contributed by atoms with Crippen molar-refractivity contribution in [3.63, 3.8) is 0 Å². The van der Waals surface area contributed by atoms with E-state index in [-0.39, 0.29) is 27.5 Å². The van der Waals surface area contributed by atoms with Crippen molar-refractivity contribution in [2.75, 3.05) is 24.5 Å². The summed E-state index contributed by atoms with van der Waals surface area (Å²) in [6.07, 6.45) is 0.787. The average Bonchev–Trinajstić information content (AvgIpc) is 2.69. The highest BCUT2D eigenvalue weighted by atomic mass is 35.5. The standard InChI is InChI=1S/C21H27ClN2O5S/c1-4-28-18-9-7-17(8-10-18)24-30(26,27)20-14-16(6-11-19(20)22)21(25)23-12-5-13-29-15(2)3/h6-11,14-15,24H,4-5,12-13H2,1-3H3,(H,23,25). The van der Waals surface area contributed by atoms with Gasteiger partial charge in [-0.25, -0.2) is 8.42 Å². The smallest absolute Gasteiger partial charge is 0.263 e. The molecule has 30 heavy (non-hydrogen) atoms. The van der Waals surface area contributed by atoms with Gasteiger partial charge in [0.1, 0.15) is 10.6 Å². The second kappa shape index (κ2) is 11.2. The van der Waals surface area contributed by atoms with Crippen LogP contribution < -0.4 is 14.8 Å². The zero-order chi connectivity index (χ0) is 22.1. The molecule has 0 aliphatic carbocycles. The van der Waals surface area contributed by atoms with E-state index >= 15 is 0 Å². The maximum Gasteiger partial charge on any atom is 0.263 e. The van der Waals surface area contributed by atoms with Gasteiger partial charge in [-0.2, -0.15) is 0 Å². The first-order valence-electron chi connectivity index (χ1n) is 9.68. The predicted molar refractivity (Wildman–Crippen MR) is 118 cm³/mol. The van der Waals surface area contributed by atoms with Gasteiger partial charge in [0, 0.05) is 24.4 Å². The highest BCUT2D eigenvalue weighted by molar-refractivity contribution is 7.92. The lowest BCUT2D eigenvalue weighted by Crippen LogP contribution is -2.26. The maximum atomic E-state index is 12.8. The van der Waals surface area contributed by atoms with E-state index in [1.54, 1.807) is 24.3 Å². The fourth-order valence-corrected chi connectivity index (χ4v) is 4.13. The molecule has 0 aliphatic heterocycles. The third kappa shape index (κ3) is 7.19. The molecule has 0 aliphatic rings. The lowest BCUT2D eigenvalue weighted by molar-refractivity contribution is 0.0757. The van der Waals surface area contributed by atoms with Crippen molar-refractivity contribution in [2.45, 2.75) is 38.2 Å². The highest BCUT2D eigenvalue weighted by Gasteiger charge is 2.20. The minimum atomic E-state index is -3.99. The van der Waals surface area contributed by atoms with Gasteiger partial charge in [0.05, 0.1) is 17.7 Å². The number of ether oxygens (including phenoxy) is 2. The summed E-state index contributed by atoms with van der Waals surface area (Å²) in [5.74, 6) is 0.254. The third-order valence-corrected chi connectivity index (χ3v) is 5.82. The first-order chi connectivity index (χ1) is 14.2. The van der Waals surface area contributed by atoms with Crippen molar-refractivity contribution in [2.24, 2.45) is 0 Å². The zero-order valence-corrected chi connectivity index (χ0v) is 18.8. The number of hydrogen-bond donors (Lipinski definition) is 2. The summed E-state index contributed by atoms with van der Waals surface area (Å²) < 4.78 is 38.8. The van der Waals surface area contributed by atoms with E-state index in [2.05, 4.69) is 10.0 Å². The van der Waals surface area contributed by atoms with Crippen LogP contribution in [0.3, 0.4) is 0 Å². The molecule has 0 bridgehead atoms. The molecule has 2 rings (SSSR count). The number of rotatable bonds is 11. The third-order valence-electron chi connectivity index (χ3n) is 3.96. The van der Waals surface area contributed by atoms with E-state index in [0.717, 1.165) is 0 Å². The van der Waals surface area contributed by atoms with Gasteiger partial charge in [0.15, 0.2) is 0 Å². The van der Waals surface area contributed by atoms with Crippen molar-refractivity contribution < 1.29 is 22.7 Å². The molecule has 9 heteroatoms. The minimum Gasteiger partial charge on any atom is -0.494 e. The van der Waals surface area contributed by atoms with Gasteiger partial charge in [0.25, 0.3) is 15.9 Å². The normalized spacial score (nSPS) is 11.4. The van der Waals surface area contributed by atoms with Gasteiger partial charge in [-0.1, -0.05) is 11.6 Å². The SMILES string of the molecule is CCOc1ccc(NS(=O)(=O)c2cc(C(=O)NCCCOC(C)C)ccc2Cl)cc1. The number of anilines is 1. The first kappa shape index (κ1) is 24.0. The summed E-state index contributed by atoms with van der Waals surface area (Å²) in [6, 6.07) is 10.6. The Hall–Kier alpha value is -2.29. The molecule has 2 aromatic rings. The fourth-order valence-electron chi connectivity index (χ4n) is 2.54. The number of nitrogens with one attached hydrogen (secondary N) is 2. The van der Waals surface area contributed by atoms with Crippen molar-refractivity contribution in [3.05, 3.63) is 53.1 Å². The molecule has 0 saturated heterocycles. The number of sulfonamides is 1. The van der Waals surface area contributed by atoms with Gasteiger partial charge in [-0.05, 0) is 69.7 Å². The lowest BCUT2D eigenvalue weighted by atomic mass is 10.2. The summed E-state index contributed by atoms with van der Waals surface area (Å²) in [5.41, 5.74) is 0.561. The van der Waals surface area contributed by atoms with Crippen LogP contribution in [-0.2, 0) is 14.8 Å². The molecule has 2 N–H and O–H groups in total. The Bertz CT molecular complexity index is 946. The van der Waals surface area contributed by atoms with E-state index in [1.165, 1.54) is 18.2 Å². The van der Waals surface area contributed by atoms with Gasteiger partial charge in [-0.15, -0.1) is 0 Å². The molecular weight excluding hydrogens is 428 g/mol. The number of amides is 1. The van der Waals surface area contributed by atoms with Crippen LogP contribution in [-0.4, -0.2) is 40.2 Å². The number of carbonyl (C=O) groups excluding carboxylic acids is 1. The van der Waals surface area contributed by atoms with Crippen LogP contribution in [0, 0.1) is 0 Å². The Morgan fingerprint density at radius 1 is 1.13 bits per heavy atom.